The molecule has 0 saturated carbocycles. The van der Waals surface area contributed by atoms with Crippen LogP contribution in [0.1, 0.15) is 6.92 Å². The molecular weight excluding hydrogens is 193 g/mol. The first kappa shape index (κ1) is 11.5. The minimum absolute atomic E-state index is 0.213. The van der Waals surface area contributed by atoms with Gasteiger partial charge in [-0.05, 0) is 30.6 Å². The maximum Gasteiger partial charge on any atom is 0.488 e. The maximum atomic E-state index is 11.1. The molecule has 15 heavy (non-hydrogen) atoms. The van der Waals surface area contributed by atoms with E-state index in [0.717, 1.165) is 0 Å². The second kappa shape index (κ2) is 5.33. The van der Waals surface area contributed by atoms with Crippen molar-refractivity contribution >= 4 is 24.2 Å². The third kappa shape index (κ3) is 3.57. The summed E-state index contributed by atoms with van der Waals surface area (Å²) >= 11 is 0. The number of allylic oxidation sites excluding steroid dienone is 1. The van der Waals surface area contributed by atoms with Crippen LogP contribution in [0.2, 0.25) is 0 Å². The molecule has 0 aromatic heterocycles. The third-order valence-electron chi connectivity index (χ3n) is 1.79. The Labute approximate surface area is 88.4 Å². The van der Waals surface area contributed by atoms with Gasteiger partial charge >= 0.3 is 7.12 Å². The van der Waals surface area contributed by atoms with E-state index in [1.165, 1.54) is 18.2 Å². The number of hydrogen-bond donors (Lipinski definition) is 3. The van der Waals surface area contributed by atoms with E-state index in [2.05, 4.69) is 5.32 Å². The smallest absolute Gasteiger partial charge is 0.423 e. The number of benzene rings is 1. The van der Waals surface area contributed by atoms with Crippen LogP contribution in [0.4, 0.5) is 5.69 Å². The van der Waals surface area contributed by atoms with E-state index < -0.39 is 7.12 Å². The van der Waals surface area contributed by atoms with Crippen LogP contribution in [-0.4, -0.2) is 23.1 Å². The Hall–Kier alpha value is -1.59. The van der Waals surface area contributed by atoms with Gasteiger partial charge in [0.25, 0.3) is 0 Å². The van der Waals surface area contributed by atoms with Crippen LogP contribution in [0, 0.1) is 0 Å². The van der Waals surface area contributed by atoms with Crippen molar-refractivity contribution in [2.75, 3.05) is 5.32 Å². The summed E-state index contributed by atoms with van der Waals surface area (Å²) in [6, 6.07) is 6.29. The van der Waals surface area contributed by atoms with Gasteiger partial charge in [-0.1, -0.05) is 18.2 Å². The fraction of sp³-hybridized carbons (Fsp3) is 0.100. The molecule has 0 unspecified atom stereocenters. The summed E-state index contributed by atoms with van der Waals surface area (Å²) in [5.41, 5.74) is 1.00. The first-order valence-electron chi connectivity index (χ1n) is 4.53. The summed E-state index contributed by atoms with van der Waals surface area (Å²) in [6.07, 6.45) is 3.05. The van der Waals surface area contributed by atoms with Crippen molar-refractivity contribution < 1.29 is 14.8 Å². The predicted molar refractivity (Wildman–Crippen MR) is 59.7 cm³/mol. The fourth-order valence-corrected chi connectivity index (χ4v) is 1.07. The molecule has 0 bridgehead atoms. The zero-order valence-corrected chi connectivity index (χ0v) is 8.34. The molecule has 5 heteroatoms. The van der Waals surface area contributed by atoms with E-state index in [0.29, 0.717) is 11.2 Å². The quantitative estimate of drug-likeness (QED) is 0.476. The highest BCUT2D eigenvalue weighted by molar-refractivity contribution is 6.58. The molecule has 78 valence electrons. The Morgan fingerprint density at radius 1 is 1.33 bits per heavy atom. The Morgan fingerprint density at radius 2 is 1.93 bits per heavy atom. The first-order chi connectivity index (χ1) is 7.13. The van der Waals surface area contributed by atoms with E-state index in [-0.39, 0.29) is 5.91 Å². The van der Waals surface area contributed by atoms with Gasteiger partial charge < -0.3 is 15.4 Å². The van der Waals surface area contributed by atoms with E-state index in [4.69, 9.17) is 10.0 Å². The number of rotatable bonds is 3. The average Bonchev–Trinajstić information content (AvgIpc) is 2.18. The third-order valence-corrected chi connectivity index (χ3v) is 1.79. The molecule has 0 saturated heterocycles. The average molecular weight is 205 g/mol. The highest BCUT2D eigenvalue weighted by Gasteiger charge is 2.09. The van der Waals surface area contributed by atoms with Gasteiger partial charge in [0.1, 0.15) is 0 Å². The summed E-state index contributed by atoms with van der Waals surface area (Å²) in [6.45, 7) is 1.75. The van der Waals surface area contributed by atoms with Crippen LogP contribution in [0.5, 0.6) is 0 Å². The van der Waals surface area contributed by atoms with Gasteiger partial charge in [-0.2, -0.15) is 0 Å². The van der Waals surface area contributed by atoms with Crippen LogP contribution in [0.3, 0.4) is 0 Å². The minimum Gasteiger partial charge on any atom is -0.423 e. The molecule has 0 aliphatic rings. The molecule has 3 N–H and O–H groups in total. The van der Waals surface area contributed by atoms with Gasteiger partial charge in [0.05, 0.1) is 0 Å². The molecular formula is C10H12BNO3. The van der Waals surface area contributed by atoms with Gasteiger partial charge in [0.15, 0.2) is 0 Å². The van der Waals surface area contributed by atoms with E-state index >= 15 is 0 Å². The number of carbonyl (C=O) groups excluding carboxylic acids is 1. The zero-order chi connectivity index (χ0) is 11.3. The van der Waals surface area contributed by atoms with Gasteiger partial charge in [0, 0.05) is 5.69 Å². The van der Waals surface area contributed by atoms with E-state index in [9.17, 15) is 4.79 Å². The molecule has 0 aliphatic carbocycles. The number of anilines is 1. The van der Waals surface area contributed by atoms with Gasteiger partial charge in [-0.25, -0.2) is 0 Å². The zero-order valence-electron chi connectivity index (χ0n) is 8.34. The topological polar surface area (TPSA) is 69.6 Å². The Bertz CT molecular complexity index is 359. The maximum absolute atomic E-state index is 11.1. The summed E-state index contributed by atoms with van der Waals surface area (Å²) in [4.78, 5) is 11.1. The first-order valence-corrected chi connectivity index (χ1v) is 4.53. The minimum atomic E-state index is -1.48. The van der Waals surface area contributed by atoms with Crippen LogP contribution >= 0.6 is 0 Å². The van der Waals surface area contributed by atoms with Crippen molar-refractivity contribution in [2.45, 2.75) is 6.92 Å². The van der Waals surface area contributed by atoms with E-state index in [1.807, 2.05) is 0 Å². The fourth-order valence-electron chi connectivity index (χ4n) is 1.07. The van der Waals surface area contributed by atoms with Crippen molar-refractivity contribution in [1.29, 1.82) is 0 Å². The molecule has 0 heterocycles. The number of amides is 1. The van der Waals surface area contributed by atoms with Crippen molar-refractivity contribution in [3.05, 3.63) is 36.4 Å². The monoisotopic (exact) mass is 205 g/mol. The van der Waals surface area contributed by atoms with Crippen molar-refractivity contribution in [2.24, 2.45) is 0 Å². The van der Waals surface area contributed by atoms with Crippen LogP contribution < -0.4 is 10.8 Å². The van der Waals surface area contributed by atoms with E-state index in [1.54, 1.807) is 25.1 Å². The summed E-state index contributed by atoms with van der Waals surface area (Å²) in [5.74, 6) is -0.213. The Balaban J connectivity index is 2.68. The molecule has 1 rings (SSSR count). The summed E-state index contributed by atoms with van der Waals surface area (Å²) < 4.78 is 0. The molecule has 0 radical (unpaired) electrons. The highest BCUT2D eigenvalue weighted by atomic mass is 16.4. The lowest BCUT2D eigenvalue weighted by Gasteiger charge is -2.03. The summed E-state index contributed by atoms with van der Waals surface area (Å²) in [7, 11) is -1.48. The Morgan fingerprint density at radius 3 is 2.40 bits per heavy atom. The predicted octanol–water partition coefficient (Wildman–Crippen LogP) is -0.119. The van der Waals surface area contributed by atoms with Crippen molar-refractivity contribution in [3.63, 3.8) is 0 Å². The normalized spacial score (nSPS) is 10.3. The highest BCUT2D eigenvalue weighted by Crippen LogP contribution is 2.04. The molecule has 1 aromatic rings. The standard InChI is InChI=1S/C10H12BNO3/c1-2-3-10(13)12-9-6-4-8(5-7-9)11(14)15/h2-7,14-15H,1H3,(H,12,13)/b3-2+. The Kier molecular flexibility index (Phi) is 4.09. The van der Waals surface area contributed by atoms with Crippen LogP contribution in [0.15, 0.2) is 36.4 Å². The number of nitrogens with one attached hydrogen (secondary N) is 1. The van der Waals surface area contributed by atoms with Gasteiger partial charge in [0.2, 0.25) is 5.91 Å². The summed E-state index contributed by atoms with van der Waals surface area (Å²) in [5, 5.41) is 20.3. The SMILES string of the molecule is C/C=C/C(=O)Nc1ccc(B(O)O)cc1. The largest absolute Gasteiger partial charge is 0.488 e. The van der Waals surface area contributed by atoms with Crippen molar-refractivity contribution in [3.8, 4) is 0 Å². The molecule has 1 aromatic carbocycles. The molecule has 4 nitrogen and oxygen atoms in total. The van der Waals surface area contributed by atoms with Gasteiger partial charge in [-0.3, -0.25) is 4.79 Å². The second-order valence-corrected chi connectivity index (χ2v) is 2.98. The second-order valence-electron chi connectivity index (χ2n) is 2.98. The van der Waals surface area contributed by atoms with Crippen LogP contribution in [-0.2, 0) is 4.79 Å². The lowest BCUT2D eigenvalue weighted by molar-refractivity contribution is -0.111. The molecule has 1 amide bonds. The molecule has 0 spiro atoms. The number of hydrogen-bond acceptors (Lipinski definition) is 3. The number of carbonyl (C=O) groups is 1. The molecule has 0 aliphatic heterocycles. The van der Waals surface area contributed by atoms with Crippen LogP contribution in [0.25, 0.3) is 0 Å². The lowest BCUT2D eigenvalue weighted by atomic mass is 9.80. The molecule has 0 fully saturated rings. The molecule has 0 atom stereocenters. The lowest BCUT2D eigenvalue weighted by Crippen LogP contribution is -2.29. The van der Waals surface area contributed by atoms with Gasteiger partial charge in [-0.15, -0.1) is 0 Å². The van der Waals surface area contributed by atoms with Crippen molar-refractivity contribution in [1.82, 2.24) is 0 Å².